The predicted octanol–water partition coefficient (Wildman–Crippen LogP) is 10.0. The van der Waals surface area contributed by atoms with Crippen LogP contribution in [-0.2, 0) is 23.3 Å². The van der Waals surface area contributed by atoms with Gasteiger partial charge in [0.25, 0.3) is 0 Å². The maximum Gasteiger partial charge on any atom is 0.416 e. The highest BCUT2D eigenvalue weighted by Gasteiger charge is 2.37. The number of carbonyl (C=O) groups excluding carboxylic acids is 1. The highest BCUT2D eigenvalue weighted by Crippen LogP contribution is 2.42. The van der Waals surface area contributed by atoms with Gasteiger partial charge in [0.1, 0.15) is 11.6 Å². The molecule has 0 aliphatic heterocycles. The maximum absolute atomic E-state index is 14.3. The molecule has 0 saturated carbocycles. The van der Waals surface area contributed by atoms with E-state index in [9.17, 15) is 48.7 Å². The molecule has 0 radical (unpaired) electrons. The van der Waals surface area contributed by atoms with Crippen LogP contribution in [-0.4, -0.2) is 12.8 Å². The van der Waals surface area contributed by atoms with Gasteiger partial charge in [0.2, 0.25) is 0 Å². The molecule has 0 aromatic heterocycles. The number of nitrogens with zero attached hydrogens (tertiary/aromatic N) is 1. The van der Waals surface area contributed by atoms with E-state index < -0.39 is 52.6 Å². The molecule has 0 N–H and O–H groups in total. The summed E-state index contributed by atoms with van der Waals surface area (Å²) in [5.74, 6) is -2.37. The number of anilines is 2. The molecule has 0 amide bonds. The summed E-state index contributed by atoms with van der Waals surface area (Å²) in [5, 5.41) is 0. The van der Waals surface area contributed by atoms with Crippen LogP contribution in [0.2, 0.25) is 0 Å². The Hall–Kier alpha value is -3.57. The second-order valence-corrected chi connectivity index (χ2v) is 10.2. The number of ketones is 1. The van der Waals surface area contributed by atoms with E-state index in [1.807, 2.05) is 13.8 Å². The monoisotopic (exact) mass is 593 g/mol. The van der Waals surface area contributed by atoms with Crippen molar-refractivity contribution in [3.63, 3.8) is 0 Å². The van der Waals surface area contributed by atoms with Gasteiger partial charge in [-0.05, 0) is 84.5 Å². The smallest absolute Gasteiger partial charge is 0.345 e. The molecule has 3 aromatic carbocycles. The second-order valence-electron chi connectivity index (χ2n) is 10.2. The van der Waals surface area contributed by atoms with Crippen LogP contribution >= 0.6 is 0 Å². The van der Waals surface area contributed by atoms with Crippen molar-refractivity contribution in [3.8, 4) is 11.1 Å². The second kappa shape index (κ2) is 11.4. The van der Waals surface area contributed by atoms with Crippen LogP contribution in [0.3, 0.4) is 0 Å². The molecular formula is C29H25F10NO. The summed E-state index contributed by atoms with van der Waals surface area (Å²) in [7, 11) is 1.18. The van der Waals surface area contributed by atoms with Gasteiger partial charge in [-0.3, -0.25) is 4.79 Å². The first-order valence-corrected chi connectivity index (χ1v) is 12.2. The number of hydrogen-bond acceptors (Lipinski definition) is 2. The Morgan fingerprint density at radius 3 is 1.61 bits per heavy atom. The fraction of sp³-hybridized carbons (Fsp3) is 0.345. The summed E-state index contributed by atoms with van der Waals surface area (Å²) in [5.41, 5.74) is -4.99. The highest BCUT2D eigenvalue weighted by atomic mass is 19.4. The SMILES string of the molecule is CC(=O)C(CC(C)C)c1cc(-c2cc(F)cc(C(F)(F)F)c2)cc(N(C)c2cc(C(F)(F)F)cc(C(F)(F)F)c2)c1. The molecule has 0 bridgehead atoms. The van der Waals surface area contributed by atoms with Crippen molar-refractivity contribution in [1.82, 2.24) is 0 Å². The van der Waals surface area contributed by atoms with Crippen molar-refractivity contribution in [1.29, 1.82) is 0 Å². The number of carbonyl (C=O) groups is 1. The lowest BCUT2D eigenvalue weighted by atomic mass is 9.85. The molecule has 0 saturated heterocycles. The van der Waals surface area contributed by atoms with E-state index in [1.165, 1.54) is 32.2 Å². The summed E-state index contributed by atoms with van der Waals surface area (Å²) in [6.45, 7) is 4.92. The van der Waals surface area contributed by atoms with Gasteiger partial charge in [0, 0.05) is 24.3 Å². The zero-order valence-corrected chi connectivity index (χ0v) is 22.2. The largest absolute Gasteiger partial charge is 0.416 e. The van der Waals surface area contributed by atoms with E-state index in [4.69, 9.17) is 0 Å². The summed E-state index contributed by atoms with van der Waals surface area (Å²) < 4.78 is 135. The Labute approximate surface area is 229 Å². The van der Waals surface area contributed by atoms with Gasteiger partial charge in [0.15, 0.2) is 0 Å². The van der Waals surface area contributed by atoms with Gasteiger partial charge >= 0.3 is 18.5 Å². The number of Topliss-reactive ketones (excluding diaryl/α,β-unsaturated/α-hetero) is 1. The molecule has 0 heterocycles. The van der Waals surface area contributed by atoms with E-state index >= 15 is 0 Å². The third-order valence-corrected chi connectivity index (χ3v) is 6.45. The fourth-order valence-electron chi connectivity index (χ4n) is 4.41. The lowest BCUT2D eigenvalue weighted by Crippen LogP contribution is -2.17. The van der Waals surface area contributed by atoms with Gasteiger partial charge in [-0.15, -0.1) is 0 Å². The summed E-state index contributed by atoms with van der Waals surface area (Å²) in [6.07, 6.45) is -14.8. The van der Waals surface area contributed by atoms with Gasteiger partial charge in [-0.1, -0.05) is 19.9 Å². The number of hydrogen-bond donors (Lipinski definition) is 0. The van der Waals surface area contributed by atoms with Crippen LogP contribution in [0.1, 0.15) is 55.4 Å². The summed E-state index contributed by atoms with van der Waals surface area (Å²) >= 11 is 0. The zero-order chi connectivity index (χ0) is 31.1. The normalized spacial score (nSPS) is 13.4. The van der Waals surface area contributed by atoms with E-state index in [-0.39, 0.29) is 40.1 Å². The number of halogens is 10. The van der Waals surface area contributed by atoms with Crippen LogP contribution < -0.4 is 4.90 Å². The van der Waals surface area contributed by atoms with Crippen LogP contribution in [0.15, 0.2) is 54.6 Å². The minimum absolute atomic E-state index is 0.0209. The molecule has 41 heavy (non-hydrogen) atoms. The first-order chi connectivity index (χ1) is 18.7. The Kier molecular flexibility index (Phi) is 8.86. The number of alkyl halides is 9. The van der Waals surface area contributed by atoms with Crippen molar-refractivity contribution in [2.45, 2.75) is 51.6 Å². The van der Waals surface area contributed by atoms with Crippen LogP contribution in [0, 0.1) is 11.7 Å². The standard InChI is InChI=1S/C29H25F10NO/c1-15(2)5-26(16(3)41)19-6-17(18-7-20(27(31,32)33)12-23(30)8-18)9-24(10-19)40(4)25-13-21(28(34,35)36)11-22(14-25)29(37,38)39/h6-15,26H,5H2,1-4H3. The molecular weight excluding hydrogens is 568 g/mol. The van der Waals surface area contributed by atoms with E-state index in [2.05, 4.69) is 0 Å². The number of rotatable bonds is 7. The molecule has 0 aliphatic carbocycles. The van der Waals surface area contributed by atoms with Crippen molar-refractivity contribution < 1.29 is 48.7 Å². The van der Waals surface area contributed by atoms with Gasteiger partial charge < -0.3 is 4.90 Å². The van der Waals surface area contributed by atoms with E-state index in [0.29, 0.717) is 30.7 Å². The molecule has 0 fully saturated rings. The minimum Gasteiger partial charge on any atom is -0.345 e. The molecule has 2 nitrogen and oxygen atoms in total. The van der Waals surface area contributed by atoms with Crippen molar-refractivity contribution in [2.75, 3.05) is 11.9 Å². The Bertz CT molecular complexity index is 1390. The summed E-state index contributed by atoms with van der Waals surface area (Å²) in [4.78, 5) is 13.6. The summed E-state index contributed by atoms with van der Waals surface area (Å²) in [6, 6.07) is 6.70. The molecule has 0 spiro atoms. The molecule has 1 atom stereocenters. The third kappa shape index (κ3) is 7.80. The van der Waals surface area contributed by atoms with Gasteiger partial charge in [-0.2, -0.15) is 39.5 Å². The maximum atomic E-state index is 14.3. The molecule has 1 unspecified atom stereocenters. The topological polar surface area (TPSA) is 20.3 Å². The van der Waals surface area contributed by atoms with Crippen molar-refractivity contribution in [3.05, 3.63) is 82.7 Å². The first-order valence-electron chi connectivity index (χ1n) is 12.2. The Morgan fingerprint density at radius 2 is 1.15 bits per heavy atom. The zero-order valence-electron chi connectivity index (χ0n) is 22.2. The average Bonchev–Trinajstić information content (AvgIpc) is 2.84. The van der Waals surface area contributed by atoms with E-state index in [1.54, 1.807) is 0 Å². The van der Waals surface area contributed by atoms with Gasteiger partial charge in [0.05, 0.1) is 16.7 Å². The molecule has 12 heteroatoms. The average molecular weight is 594 g/mol. The minimum atomic E-state index is -5.11. The molecule has 3 aromatic rings. The number of benzene rings is 3. The van der Waals surface area contributed by atoms with Crippen molar-refractivity contribution in [2.24, 2.45) is 5.92 Å². The van der Waals surface area contributed by atoms with Crippen LogP contribution in [0.5, 0.6) is 0 Å². The Balaban J connectivity index is 2.31. The fourth-order valence-corrected chi connectivity index (χ4v) is 4.41. The van der Waals surface area contributed by atoms with E-state index in [0.717, 1.165) is 11.0 Å². The Morgan fingerprint density at radius 1 is 0.683 bits per heavy atom. The lowest BCUT2D eigenvalue weighted by molar-refractivity contribution is -0.143. The van der Waals surface area contributed by atoms with Gasteiger partial charge in [-0.25, -0.2) is 4.39 Å². The highest BCUT2D eigenvalue weighted by molar-refractivity contribution is 5.85. The van der Waals surface area contributed by atoms with Crippen LogP contribution in [0.25, 0.3) is 11.1 Å². The molecule has 3 rings (SSSR count). The predicted molar refractivity (Wildman–Crippen MR) is 134 cm³/mol. The van der Waals surface area contributed by atoms with Crippen molar-refractivity contribution >= 4 is 17.2 Å². The quantitative estimate of drug-likeness (QED) is 0.254. The molecule has 0 aliphatic rings. The third-order valence-electron chi connectivity index (χ3n) is 6.45. The van der Waals surface area contributed by atoms with Crippen LogP contribution in [0.4, 0.5) is 55.3 Å². The first kappa shape index (κ1) is 32.0. The molecule has 222 valence electrons. The lowest BCUT2D eigenvalue weighted by Gasteiger charge is -2.26.